The van der Waals surface area contributed by atoms with Gasteiger partial charge in [0.25, 0.3) is 5.91 Å². The topological polar surface area (TPSA) is 76.1 Å². The van der Waals surface area contributed by atoms with Crippen molar-refractivity contribution >= 4 is 15.9 Å². The van der Waals surface area contributed by atoms with Crippen LogP contribution in [0.15, 0.2) is 47.4 Å². The summed E-state index contributed by atoms with van der Waals surface area (Å²) in [6, 6.07) is 9.93. The number of carbonyl (C=O) groups excluding carboxylic acids is 1. The Morgan fingerprint density at radius 1 is 1.03 bits per heavy atom. The molecule has 0 unspecified atom stereocenters. The van der Waals surface area contributed by atoms with Crippen LogP contribution in [0.5, 0.6) is 11.5 Å². The largest absolute Gasteiger partial charge is 0.497 e. The van der Waals surface area contributed by atoms with Crippen molar-refractivity contribution in [2.24, 2.45) is 0 Å². The summed E-state index contributed by atoms with van der Waals surface area (Å²) in [5, 5.41) is 0. The summed E-state index contributed by atoms with van der Waals surface area (Å²) in [6.45, 7) is -1.14. The van der Waals surface area contributed by atoms with Crippen molar-refractivity contribution in [2.45, 2.75) is 30.5 Å². The number of alkyl halides is 3. The number of methoxy groups -OCH3 is 2. The van der Waals surface area contributed by atoms with Crippen LogP contribution >= 0.6 is 0 Å². The predicted molar refractivity (Wildman–Crippen MR) is 115 cm³/mol. The van der Waals surface area contributed by atoms with E-state index in [1.54, 1.807) is 24.3 Å². The standard InChI is InChI=1S/C22H25F3N2O5S/c1-31-18-8-5-16(6-9-18)14-26(15-22(23,24)25)21(28)17-7-10-19(32-2)20(13-17)33(29,30)27-11-3-4-12-27/h5-10,13H,3-4,11-12,14-15H2,1-2H3. The second kappa shape index (κ2) is 10.0. The summed E-state index contributed by atoms with van der Waals surface area (Å²) < 4.78 is 77.4. The molecule has 0 saturated carbocycles. The molecule has 180 valence electrons. The summed E-state index contributed by atoms with van der Waals surface area (Å²) in [6.07, 6.45) is -3.22. The molecule has 0 N–H and O–H groups in total. The number of sulfonamides is 1. The van der Waals surface area contributed by atoms with E-state index in [9.17, 15) is 26.4 Å². The molecule has 7 nitrogen and oxygen atoms in total. The molecule has 2 aromatic rings. The second-order valence-corrected chi connectivity index (χ2v) is 9.51. The highest BCUT2D eigenvalue weighted by molar-refractivity contribution is 7.89. The summed E-state index contributed by atoms with van der Waals surface area (Å²) in [5.41, 5.74) is 0.290. The molecule has 11 heteroatoms. The van der Waals surface area contributed by atoms with E-state index in [4.69, 9.17) is 9.47 Å². The Balaban J connectivity index is 1.96. The van der Waals surface area contributed by atoms with Crippen molar-refractivity contribution in [1.29, 1.82) is 0 Å². The van der Waals surface area contributed by atoms with Gasteiger partial charge in [0.15, 0.2) is 0 Å². The first kappa shape index (κ1) is 24.8. The molecule has 1 aliphatic rings. The molecule has 0 aromatic heterocycles. The average Bonchev–Trinajstić information content (AvgIpc) is 3.33. The van der Waals surface area contributed by atoms with E-state index in [1.807, 2.05) is 0 Å². The van der Waals surface area contributed by atoms with Gasteiger partial charge in [-0.2, -0.15) is 17.5 Å². The van der Waals surface area contributed by atoms with Crippen LogP contribution in [0.25, 0.3) is 0 Å². The molecule has 0 spiro atoms. The lowest BCUT2D eigenvalue weighted by molar-refractivity contribution is -0.141. The van der Waals surface area contributed by atoms with Crippen molar-refractivity contribution < 1.29 is 35.9 Å². The summed E-state index contributed by atoms with van der Waals surface area (Å²) >= 11 is 0. The SMILES string of the molecule is COc1ccc(CN(CC(F)(F)F)C(=O)c2ccc(OC)c(S(=O)(=O)N3CCCC3)c2)cc1. The van der Waals surface area contributed by atoms with Gasteiger partial charge >= 0.3 is 6.18 Å². The van der Waals surface area contributed by atoms with Crippen LogP contribution in [0, 0.1) is 0 Å². The fraction of sp³-hybridized carbons (Fsp3) is 0.409. The zero-order valence-electron chi connectivity index (χ0n) is 18.3. The molecular weight excluding hydrogens is 461 g/mol. The monoisotopic (exact) mass is 486 g/mol. The summed E-state index contributed by atoms with van der Waals surface area (Å²) in [4.78, 5) is 13.5. The summed E-state index contributed by atoms with van der Waals surface area (Å²) in [5.74, 6) is -0.390. The van der Waals surface area contributed by atoms with E-state index in [0.717, 1.165) is 6.07 Å². The molecule has 33 heavy (non-hydrogen) atoms. The van der Waals surface area contributed by atoms with E-state index in [2.05, 4.69) is 0 Å². The third-order valence-electron chi connectivity index (χ3n) is 5.28. The fourth-order valence-corrected chi connectivity index (χ4v) is 5.33. The highest BCUT2D eigenvalue weighted by atomic mass is 32.2. The first-order chi connectivity index (χ1) is 15.5. The molecule has 2 aromatic carbocycles. The molecule has 1 saturated heterocycles. The minimum Gasteiger partial charge on any atom is -0.497 e. The first-order valence-corrected chi connectivity index (χ1v) is 11.7. The minimum atomic E-state index is -4.64. The number of hydrogen-bond donors (Lipinski definition) is 0. The van der Waals surface area contributed by atoms with E-state index >= 15 is 0 Å². The Morgan fingerprint density at radius 3 is 2.21 bits per heavy atom. The van der Waals surface area contributed by atoms with Crippen LogP contribution in [-0.2, 0) is 16.6 Å². The Kier molecular flexibility index (Phi) is 7.53. The molecule has 1 heterocycles. The third kappa shape index (κ3) is 5.97. The number of nitrogens with zero attached hydrogens (tertiary/aromatic N) is 2. The number of carbonyl (C=O) groups is 1. The van der Waals surface area contributed by atoms with Crippen LogP contribution in [0.4, 0.5) is 13.2 Å². The van der Waals surface area contributed by atoms with Gasteiger partial charge in [-0.1, -0.05) is 12.1 Å². The lowest BCUT2D eigenvalue weighted by atomic mass is 10.1. The average molecular weight is 487 g/mol. The van der Waals surface area contributed by atoms with Gasteiger partial charge in [0.05, 0.1) is 14.2 Å². The number of amides is 1. The minimum absolute atomic E-state index is 0.0241. The van der Waals surface area contributed by atoms with Gasteiger partial charge in [-0.25, -0.2) is 8.42 Å². The van der Waals surface area contributed by atoms with Crippen LogP contribution in [0.1, 0.15) is 28.8 Å². The van der Waals surface area contributed by atoms with Crippen LogP contribution in [-0.4, -0.2) is 63.6 Å². The molecule has 3 rings (SSSR count). The predicted octanol–water partition coefficient (Wildman–Crippen LogP) is 3.69. The van der Waals surface area contributed by atoms with Gasteiger partial charge in [0, 0.05) is 25.2 Å². The lowest BCUT2D eigenvalue weighted by Crippen LogP contribution is -2.38. The number of halogens is 3. The second-order valence-electron chi connectivity index (χ2n) is 7.60. The lowest BCUT2D eigenvalue weighted by Gasteiger charge is -2.25. The van der Waals surface area contributed by atoms with Gasteiger partial charge in [0.2, 0.25) is 10.0 Å². The molecule has 1 amide bonds. The molecule has 1 fully saturated rings. The molecular formula is C22H25F3N2O5S. The van der Waals surface area contributed by atoms with E-state index < -0.39 is 28.7 Å². The van der Waals surface area contributed by atoms with Crippen molar-refractivity contribution in [2.75, 3.05) is 33.9 Å². The van der Waals surface area contributed by atoms with Gasteiger partial charge in [-0.3, -0.25) is 4.79 Å². The van der Waals surface area contributed by atoms with Crippen molar-refractivity contribution in [3.63, 3.8) is 0 Å². The molecule has 0 bridgehead atoms. The number of benzene rings is 2. The Labute approximate surface area is 190 Å². The van der Waals surface area contributed by atoms with Gasteiger partial charge in [0.1, 0.15) is 22.9 Å². The zero-order chi connectivity index (χ0) is 24.2. The number of ether oxygens (including phenoxy) is 2. The highest BCUT2D eigenvalue weighted by Gasteiger charge is 2.35. The normalized spacial score (nSPS) is 14.8. The maximum absolute atomic E-state index is 13.3. The van der Waals surface area contributed by atoms with Crippen LogP contribution in [0.3, 0.4) is 0 Å². The van der Waals surface area contributed by atoms with E-state index in [-0.39, 0.29) is 22.8 Å². The van der Waals surface area contributed by atoms with Crippen LogP contribution < -0.4 is 9.47 Å². The summed E-state index contributed by atoms with van der Waals surface area (Å²) in [7, 11) is -1.21. The molecule has 0 atom stereocenters. The highest BCUT2D eigenvalue weighted by Crippen LogP contribution is 2.31. The smallest absolute Gasteiger partial charge is 0.406 e. The quantitative estimate of drug-likeness (QED) is 0.569. The van der Waals surface area contributed by atoms with Crippen molar-refractivity contribution in [3.8, 4) is 11.5 Å². The van der Waals surface area contributed by atoms with Gasteiger partial charge < -0.3 is 14.4 Å². The van der Waals surface area contributed by atoms with Gasteiger partial charge in [-0.15, -0.1) is 0 Å². The first-order valence-electron chi connectivity index (χ1n) is 10.2. The Hall–Kier alpha value is -2.79. The van der Waals surface area contributed by atoms with E-state index in [0.29, 0.717) is 42.1 Å². The maximum Gasteiger partial charge on any atom is 0.406 e. The van der Waals surface area contributed by atoms with Crippen LogP contribution in [0.2, 0.25) is 0 Å². The van der Waals surface area contributed by atoms with Gasteiger partial charge in [-0.05, 0) is 48.7 Å². The maximum atomic E-state index is 13.3. The Morgan fingerprint density at radius 2 is 1.67 bits per heavy atom. The fourth-order valence-electron chi connectivity index (χ4n) is 3.63. The van der Waals surface area contributed by atoms with Crippen molar-refractivity contribution in [3.05, 3.63) is 53.6 Å². The zero-order valence-corrected chi connectivity index (χ0v) is 19.1. The molecule has 0 aliphatic carbocycles. The number of hydrogen-bond acceptors (Lipinski definition) is 5. The van der Waals surface area contributed by atoms with Crippen molar-refractivity contribution in [1.82, 2.24) is 9.21 Å². The van der Waals surface area contributed by atoms with E-state index in [1.165, 1.54) is 30.7 Å². The number of rotatable bonds is 8. The molecule has 1 aliphatic heterocycles. The Bertz CT molecular complexity index is 1080. The molecule has 0 radical (unpaired) electrons. The third-order valence-corrected chi connectivity index (χ3v) is 7.20.